The number of carbonyl (C=O) groups excluding carboxylic acids is 2. The molecular weight excluding hydrogens is 364 g/mol. The van der Waals surface area contributed by atoms with E-state index in [2.05, 4.69) is 5.32 Å². The SMILES string of the molecule is CC1=C(c2ccc(C)cc2)S(=O)(=O)N(CC(=O)NCc2ccccc2)C1=O. The van der Waals surface area contributed by atoms with Gasteiger partial charge in [0, 0.05) is 12.1 Å². The first-order chi connectivity index (χ1) is 12.8. The standard InChI is InChI=1S/C20H20N2O4S/c1-14-8-10-17(11-9-14)19-15(2)20(24)22(27(19,25)26)13-18(23)21-12-16-6-4-3-5-7-16/h3-11H,12-13H2,1-2H3,(H,21,23). The van der Waals surface area contributed by atoms with Crippen LogP contribution in [0.25, 0.3) is 4.91 Å². The molecule has 2 amide bonds. The summed E-state index contributed by atoms with van der Waals surface area (Å²) in [7, 11) is -4.07. The highest BCUT2D eigenvalue weighted by Gasteiger charge is 2.43. The Balaban J connectivity index is 1.77. The Morgan fingerprint density at radius 3 is 2.26 bits per heavy atom. The third-order valence-corrected chi connectivity index (χ3v) is 6.30. The Morgan fingerprint density at radius 1 is 1.00 bits per heavy atom. The van der Waals surface area contributed by atoms with Crippen LogP contribution in [-0.4, -0.2) is 31.1 Å². The van der Waals surface area contributed by atoms with Gasteiger partial charge in [-0.25, -0.2) is 12.7 Å². The van der Waals surface area contributed by atoms with Crippen molar-refractivity contribution in [1.29, 1.82) is 0 Å². The monoisotopic (exact) mass is 384 g/mol. The molecule has 0 spiro atoms. The number of hydrogen-bond donors (Lipinski definition) is 1. The Labute approximate surface area is 158 Å². The highest BCUT2D eigenvalue weighted by Crippen LogP contribution is 2.35. The lowest BCUT2D eigenvalue weighted by molar-refractivity contribution is -0.128. The van der Waals surface area contributed by atoms with Crippen molar-refractivity contribution in [3.05, 3.63) is 76.9 Å². The van der Waals surface area contributed by atoms with Gasteiger partial charge in [0.1, 0.15) is 11.4 Å². The van der Waals surface area contributed by atoms with E-state index in [1.165, 1.54) is 6.92 Å². The Kier molecular flexibility index (Phi) is 5.14. The molecule has 1 aliphatic rings. The second kappa shape index (κ2) is 7.36. The molecule has 140 valence electrons. The number of benzene rings is 2. The maximum Gasteiger partial charge on any atom is 0.268 e. The fourth-order valence-electron chi connectivity index (χ4n) is 2.91. The van der Waals surface area contributed by atoms with Gasteiger partial charge < -0.3 is 5.32 Å². The van der Waals surface area contributed by atoms with Crippen molar-refractivity contribution in [2.45, 2.75) is 20.4 Å². The van der Waals surface area contributed by atoms with Crippen molar-refractivity contribution in [3.63, 3.8) is 0 Å². The van der Waals surface area contributed by atoms with Crippen molar-refractivity contribution < 1.29 is 18.0 Å². The third-order valence-electron chi connectivity index (χ3n) is 4.37. The second-order valence-corrected chi connectivity index (χ2v) is 8.20. The predicted octanol–water partition coefficient (Wildman–Crippen LogP) is 2.21. The van der Waals surface area contributed by atoms with E-state index in [0.717, 1.165) is 11.1 Å². The van der Waals surface area contributed by atoms with Crippen LogP contribution in [0.2, 0.25) is 0 Å². The lowest BCUT2D eigenvalue weighted by Gasteiger charge is -2.16. The number of rotatable bonds is 5. The molecule has 0 fully saturated rings. The molecule has 0 aromatic heterocycles. The van der Waals surface area contributed by atoms with Crippen molar-refractivity contribution >= 4 is 26.7 Å². The molecule has 0 saturated heterocycles. The van der Waals surface area contributed by atoms with Crippen LogP contribution >= 0.6 is 0 Å². The maximum absolute atomic E-state index is 12.9. The lowest BCUT2D eigenvalue weighted by atomic mass is 10.1. The fourth-order valence-corrected chi connectivity index (χ4v) is 4.68. The van der Waals surface area contributed by atoms with Gasteiger partial charge in [-0.15, -0.1) is 0 Å². The van der Waals surface area contributed by atoms with E-state index in [1.54, 1.807) is 24.3 Å². The Hall–Kier alpha value is -2.93. The number of hydrogen-bond acceptors (Lipinski definition) is 4. The molecule has 0 atom stereocenters. The van der Waals surface area contributed by atoms with Crippen LogP contribution in [0.4, 0.5) is 0 Å². The molecule has 27 heavy (non-hydrogen) atoms. The highest BCUT2D eigenvalue weighted by atomic mass is 32.2. The number of amides is 2. The lowest BCUT2D eigenvalue weighted by Crippen LogP contribution is -2.40. The summed E-state index contributed by atoms with van der Waals surface area (Å²) in [5.74, 6) is -1.20. The number of nitrogens with zero attached hydrogens (tertiary/aromatic N) is 1. The number of aryl methyl sites for hydroxylation is 1. The summed E-state index contributed by atoms with van der Waals surface area (Å²) in [6, 6.07) is 16.1. The van der Waals surface area contributed by atoms with Crippen molar-refractivity contribution in [3.8, 4) is 0 Å². The van der Waals surface area contributed by atoms with Crippen LogP contribution in [-0.2, 0) is 26.2 Å². The molecule has 2 aromatic rings. The van der Waals surface area contributed by atoms with E-state index < -0.39 is 28.4 Å². The quantitative estimate of drug-likeness (QED) is 0.857. The largest absolute Gasteiger partial charge is 0.350 e. The van der Waals surface area contributed by atoms with Gasteiger partial charge in [-0.05, 0) is 25.0 Å². The topological polar surface area (TPSA) is 83.6 Å². The van der Waals surface area contributed by atoms with E-state index in [0.29, 0.717) is 9.87 Å². The summed E-state index contributed by atoms with van der Waals surface area (Å²) in [6.45, 7) is 3.08. The molecule has 1 heterocycles. The molecule has 0 saturated carbocycles. The van der Waals surface area contributed by atoms with Crippen LogP contribution in [0.1, 0.15) is 23.6 Å². The summed E-state index contributed by atoms with van der Waals surface area (Å²) in [4.78, 5) is 24.7. The molecule has 0 aliphatic carbocycles. The minimum atomic E-state index is -4.07. The first kappa shape index (κ1) is 18.8. The number of carbonyl (C=O) groups is 2. The zero-order valence-electron chi connectivity index (χ0n) is 15.1. The van der Waals surface area contributed by atoms with Gasteiger partial charge in [0.25, 0.3) is 15.9 Å². The van der Waals surface area contributed by atoms with Crippen molar-refractivity contribution in [1.82, 2.24) is 9.62 Å². The number of nitrogens with one attached hydrogen (secondary N) is 1. The molecule has 7 heteroatoms. The van der Waals surface area contributed by atoms with E-state index in [-0.39, 0.29) is 17.0 Å². The number of sulfonamides is 1. The summed E-state index contributed by atoms with van der Waals surface area (Å²) in [6.07, 6.45) is 0. The fraction of sp³-hybridized carbons (Fsp3) is 0.200. The summed E-state index contributed by atoms with van der Waals surface area (Å²) in [5.41, 5.74) is 2.43. The Bertz CT molecular complexity index is 1010. The highest BCUT2D eigenvalue weighted by molar-refractivity contribution is 7.99. The average Bonchev–Trinajstić information content (AvgIpc) is 2.81. The van der Waals surface area contributed by atoms with Gasteiger partial charge >= 0.3 is 0 Å². The van der Waals surface area contributed by atoms with E-state index in [9.17, 15) is 18.0 Å². The minimum absolute atomic E-state index is 0.0386. The molecule has 1 N–H and O–H groups in total. The molecule has 0 unspecified atom stereocenters. The average molecular weight is 384 g/mol. The van der Waals surface area contributed by atoms with Crippen LogP contribution in [0, 0.1) is 6.92 Å². The third kappa shape index (κ3) is 3.78. The second-order valence-electron chi connectivity index (χ2n) is 6.40. The maximum atomic E-state index is 12.9. The van der Waals surface area contributed by atoms with Gasteiger partial charge in [-0.3, -0.25) is 9.59 Å². The van der Waals surface area contributed by atoms with Crippen LogP contribution in [0.15, 0.2) is 60.2 Å². The predicted molar refractivity (Wildman–Crippen MR) is 103 cm³/mol. The van der Waals surface area contributed by atoms with Gasteiger partial charge in [0.15, 0.2) is 0 Å². The van der Waals surface area contributed by atoms with E-state index >= 15 is 0 Å². The molecule has 6 nitrogen and oxygen atoms in total. The molecular formula is C20H20N2O4S. The van der Waals surface area contributed by atoms with Crippen LogP contribution < -0.4 is 5.32 Å². The molecule has 3 rings (SSSR count). The summed E-state index contributed by atoms with van der Waals surface area (Å²) < 4.78 is 26.4. The Morgan fingerprint density at radius 2 is 1.63 bits per heavy atom. The van der Waals surface area contributed by atoms with Gasteiger partial charge in [0.05, 0.1) is 0 Å². The van der Waals surface area contributed by atoms with Crippen LogP contribution in [0.3, 0.4) is 0 Å². The smallest absolute Gasteiger partial charge is 0.268 e. The van der Waals surface area contributed by atoms with Crippen LogP contribution in [0.5, 0.6) is 0 Å². The van der Waals surface area contributed by atoms with Gasteiger partial charge in [-0.2, -0.15) is 0 Å². The van der Waals surface area contributed by atoms with Crippen molar-refractivity contribution in [2.24, 2.45) is 0 Å². The summed E-state index contributed by atoms with van der Waals surface area (Å²) in [5, 5.41) is 2.65. The molecule has 0 bridgehead atoms. The molecule has 0 radical (unpaired) electrons. The molecule has 1 aliphatic heterocycles. The first-order valence-corrected chi connectivity index (χ1v) is 9.90. The van der Waals surface area contributed by atoms with E-state index in [1.807, 2.05) is 37.3 Å². The van der Waals surface area contributed by atoms with E-state index in [4.69, 9.17) is 0 Å². The normalized spacial score (nSPS) is 15.9. The van der Waals surface area contributed by atoms with Crippen molar-refractivity contribution in [2.75, 3.05) is 6.54 Å². The van der Waals surface area contributed by atoms with Gasteiger partial charge in [0.2, 0.25) is 5.91 Å². The molecule has 2 aromatic carbocycles. The van der Waals surface area contributed by atoms with Gasteiger partial charge in [-0.1, -0.05) is 60.2 Å². The first-order valence-electron chi connectivity index (χ1n) is 8.46. The minimum Gasteiger partial charge on any atom is -0.350 e. The zero-order valence-corrected chi connectivity index (χ0v) is 15.9. The summed E-state index contributed by atoms with van der Waals surface area (Å²) >= 11 is 0. The zero-order chi connectivity index (χ0) is 19.6.